The van der Waals surface area contributed by atoms with Gasteiger partial charge in [-0.15, -0.1) is 12.4 Å². The minimum Gasteiger partial charge on any atom is -0.381 e. The van der Waals surface area contributed by atoms with Crippen LogP contribution in [0.1, 0.15) is 31.4 Å². The van der Waals surface area contributed by atoms with Crippen LogP contribution in [-0.2, 0) is 16.6 Å². The number of aryl methyl sites for hydroxylation is 1. The Morgan fingerprint density at radius 3 is 2.95 bits per heavy atom. The van der Waals surface area contributed by atoms with Crippen LogP contribution in [0.15, 0.2) is 12.4 Å². The third-order valence-electron chi connectivity index (χ3n) is 3.98. The van der Waals surface area contributed by atoms with Crippen LogP contribution in [0, 0.1) is 5.92 Å². The van der Waals surface area contributed by atoms with Gasteiger partial charge in [0.15, 0.2) is 0 Å². The molecule has 126 valence electrons. The number of carbonyl (C=O) groups is 1. The molecule has 1 aromatic rings. The summed E-state index contributed by atoms with van der Waals surface area (Å²) >= 11 is 0. The van der Waals surface area contributed by atoms with Crippen LogP contribution in [0.4, 0.5) is 0 Å². The maximum absolute atomic E-state index is 12.7. The van der Waals surface area contributed by atoms with Gasteiger partial charge in [0.25, 0.3) is 0 Å². The summed E-state index contributed by atoms with van der Waals surface area (Å²) in [6.45, 7) is 5.11. The molecule has 1 aliphatic heterocycles. The Kier molecular flexibility index (Phi) is 7.85. The van der Waals surface area contributed by atoms with Gasteiger partial charge >= 0.3 is 0 Å². The molecule has 1 amide bonds. The predicted molar refractivity (Wildman–Crippen MR) is 88.1 cm³/mol. The third-order valence-corrected chi connectivity index (χ3v) is 3.98. The van der Waals surface area contributed by atoms with Crippen LogP contribution >= 0.6 is 12.4 Å². The molecule has 0 spiro atoms. The lowest BCUT2D eigenvalue weighted by atomic mass is 9.97. The zero-order valence-electron chi connectivity index (χ0n) is 13.6. The molecule has 0 radical (unpaired) electrons. The van der Waals surface area contributed by atoms with E-state index in [0.29, 0.717) is 5.92 Å². The van der Waals surface area contributed by atoms with Gasteiger partial charge in [0.2, 0.25) is 5.91 Å². The predicted octanol–water partition coefficient (Wildman–Crippen LogP) is 1.38. The molecule has 2 heterocycles. The second-order valence-corrected chi connectivity index (χ2v) is 5.62. The molecule has 1 aliphatic rings. The fraction of sp³-hybridized carbons (Fsp3) is 0.733. The van der Waals surface area contributed by atoms with Crippen molar-refractivity contribution in [3.63, 3.8) is 0 Å². The monoisotopic (exact) mass is 330 g/mol. The molecular weight excluding hydrogens is 304 g/mol. The summed E-state index contributed by atoms with van der Waals surface area (Å²) in [5, 5.41) is 7.27. The van der Waals surface area contributed by atoms with E-state index in [0.717, 1.165) is 44.7 Å². The molecule has 2 atom stereocenters. The fourth-order valence-electron chi connectivity index (χ4n) is 2.89. The summed E-state index contributed by atoms with van der Waals surface area (Å²) in [7, 11) is 3.68. The third kappa shape index (κ3) is 4.69. The number of likely N-dealkylation sites (N-methyl/N-ethyl adjacent to an activating group) is 1. The summed E-state index contributed by atoms with van der Waals surface area (Å²) in [5.74, 6) is 0.584. The second-order valence-electron chi connectivity index (χ2n) is 5.62. The molecule has 0 aliphatic carbocycles. The van der Waals surface area contributed by atoms with Gasteiger partial charge in [-0.3, -0.25) is 9.48 Å². The van der Waals surface area contributed by atoms with Crippen LogP contribution < -0.4 is 5.32 Å². The first kappa shape index (κ1) is 18.9. The summed E-state index contributed by atoms with van der Waals surface area (Å²) in [4.78, 5) is 14.7. The SMILES string of the molecule is CCOCC1CCCN(C(=O)C(NC)c2cnn(C)c2)C1.Cl. The largest absolute Gasteiger partial charge is 0.381 e. The van der Waals surface area contributed by atoms with Crippen molar-refractivity contribution in [3.8, 4) is 0 Å². The number of halogens is 1. The van der Waals surface area contributed by atoms with Gasteiger partial charge in [-0.05, 0) is 32.7 Å². The number of ether oxygens (including phenoxy) is 1. The van der Waals surface area contributed by atoms with Gasteiger partial charge in [-0.1, -0.05) is 0 Å². The summed E-state index contributed by atoms with van der Waals surface area (Å²) in [6, 6.07) is -0.315. The van der Waals surface area contributed by atoms with Gasteiger partial charge in [-0.2, -0.15) is 5.10 Å². The van der Waals surface area contributed by atoms with Crippen molar-refractivity contribution in [2.24, 2.45) is 13.0 Å². The van der Waals surface area contributed by atoms with E-state index in [1.807, 2.05) is 32.1 Å². The van der Waals surface area contributed by atoms with E-state index < -0.39 is 0 Å². The molecule has 1 saturated heterocycles. The Balaban J connectivity index is 0.00000242. The molecule has 6 nitrogen and oxygen atoms in total. The maximum Gasteiger partial charge on any atom is 0.244 e. The lowest BCUT2D eigenvalue weighted by molar-refractivity contribution is -0.135. The van der Waals surface area contributed by atoms with E-state index >= 15 is 0 Å². The van der Waals surface area contributed by atoms with Crippen molar-refractivity contribution in [1.82, 2.24) is 20.0 Å². The standard InChI is InChI=1S/C15H26N4O2.ClH/c1-4-21-11-12-6-5-7-19(9-12)15(20)14(16-2)13-8-17-18(3)10-13;/h8,10,12,14,16H,4-7,9,11H2,1-3H3;1H. The highest BCUT2D eigenvalue weighted by atomic mass is 35.5. The molecule has 1 fully saturated rings. The summed E-state index contributed by atoms with van der Waals surface area (Å²) in [6.07, 6.45) is 5.83. The fourth-order valence-corrected chi connectivity index (χ4v) is 2.89. The van der Waals surface area contributed by atoms with E-state index in [1.165, 1.54) is 0 Å². The zero-order valence-corrected chi connectivity index (χ0v) is 14.4. The van der Waals surface area contributed by atoms with E-state index in [4.69, 9.17) is 4.74 Å². The first-order chi connectivity index (χ1) is 10.2. The summed E-state index contributed by atoms with van der Waals surface area (Å²) < 4.78 is 7.23. The molecule has 7 heteroatoms. The van der Waals surface area contributed by atoms with Crippen LogP contribution in [0.2, 0.25) is 0 Å². The smallest absolute Gasteiger partial charge is 0.244 e. The summed E-state index contributed by atoms with van der Waals surface area (Å²) in [5.41, 5.74) is 0.914. The molecule has 0 aromatic carbocycles. The van der Waals surface area contributed by atoms with Crippen molar-refractivity contribution in [1.29, 1.82) is 0 Å². The number of amides is 1. The number of hydrogen-bond acceptors (Lipinski definition) is 4. The Morgan fingerprint density at radius 1 is 1.59 bits per heavy atom. The van der Waals surface area contributed by atoms with Gasteiger partial charge in [0.05, 0.1) is 12.8 Å². The highest BCUT2D eigenvalue weighted by molar-refractivity contribution is 5.85. The number of rotatable bonds is 6. The van der Waals surface area contributed by atoms with Crippen molar-refractivity contribution < 1.29 is 9.53 Å². The van der Waals surface area contributed by atoms with Crippen molar-refractivity contribution in [3.05, 3.63) is 18.0 Å². The van der Waals surface area contributed by atoms with Crippen LogP contribution in [0.25, 0.3) is 0 Å². The molecule has 2 rings (SSSR count). The first-order valence-electron chi connectivity index (χ1n) is 7.68. The van der Waals surface area contributed by atoms with Gasteiger partial charge in [0, 0.05) is 38.5 Å². The number of likely N-dealkylation sites (tertiary alicyclic amines) is 1. The molecule has 1 aromatic heterocycles. The van der Waals surface area contributed by atoms with Crippen LogP contribution in [-0.4, -0.2) is 53.9 Å². The molecule has 0 saturated carbocycles. The van der Waals surface area contributed by atoms with Gasteiger partial charge < -0.3 is 15.0 Å². The van der Waals surface area contributed by atoms with E-state index in [2.05, 4.69) is 10.4 Å². The Labute approximate surface area is 138 Å². The number of hydrogen-bond donors (Lipinski definition) is 1. The van der Waals surface area contributed by atoms with E-state index in [1.54, 1.807) is 10.9 Å². The lowest BCUT2D eigenvalue weighted by Crippen LogP contribution is -2.45. The van der Waals surface area contributed by atoms with Gasteiger partial charge in [-0.25, -0.2) is 0 Å². The van der Waals surface area contributed by atoms with Crippen molar-refractivity contribution in [2.75, 3.05) is 33.4 Å². The Hall–Kier alpha value is -1.11. The highest BCUT2D eigenvalue weighted by Crippen LogP contribution is 2.21. The molecular formula is C15H27ClN4O2. The van der Waals surface area contributed by atoms with Crippen LogP contribution in [0.5, 0.6) is 0 Å². The van der Waals surface area contributed by atoms with Gasteiger partial charge in [0.1, 0.15) is 6.04 Å². The molecule has 2 unspecified atom stereocenters. The molecule has 0 bridgehead atoms. The topological polar surface area (TPSA) is 59.4 Å². The maximum atomic E-state index is 12.7. The number of nitrogens with zero attached hydrogens (tertiary/aromatic N) is 3. The minimum atomic E-state index is -0.315. The van der Waals surface area contributed by atoms with Crippen LogP contribution in [0.3, 0.4) is 0 Å². The van der Waals surface area contributed by atoms with E-state index in [-0.39, 0.29) is 24.4 Å². The molecule has 22 heavy (non-hydrogen) atoms. The zero-order chi connectivity index (χ0) is 15.2. The lowest BCUT2D eigenvalue weighted by Gasteiger charge is -2.34. The second kappa shape index (κ2) is 9.12. The number of nitrogens with one attached hydrogen (secondary N) is 1. The van der Waals surface area contributed by atoms with Crippen molar-refractivity contribution >= 4 is 18.3 Å². The Bertz CT molecular complexity index is 466. The average molecular weight is 331 g/mol. The Morgan fingerprint density at radius 2 is 2.36 bits per heavy atom. The molecule has 1 N–H and O–H groups in total. The van der Waals surface area contributed by atoms with Crippen molar-refractivity contribution in [2.45, 2.75) is 25.8 Å². The average Bonchev–Trinajstić information content (AvgIpc) is 2.92. The number of carbonyl (C=O) groups excluding carboxylic acids is 1. The highest BCUT2D eigenvalue weighted by Gasteiger charge is 2.29. The number of aromatic nitrogens is 2. The normalized spacial score (nSPS) is 19.6. The minimum absolute atomic E-state index is 0. The van der Waals surface area contributed by atoms with E-state index in [9.17, 15) is 4.79 Å². The first-order valence-corrected chi connectivity index (χ1v) is 7.68. The number of piperidine rings is 1. The quantitative estimate of drug-likeness (QED) is 0.856.